The van der Waals surface area contributed by atoms with Crippen LogP contribution in [0.25, 0.3) is 11.4 Å². The second-order valence-corrected chi connectivity index (χ2v) is 6.65. The van der Waals surface area contributed by atoms with Crippen molar-refractivity contribution in [3.8, 4) is 17.1 Å². The molecule has 0 bridgehead atoms. The molecule has 0 fully saturated rings. The summed E-state index contributed by atoms with van der Waals surface area (Å²) in [6.45, 7) is 0.683. The predicted octanol–water partition coefficient (Wildman–Crippen LogP) is 3.99. The van der Waals surface area contributed by atoms with Crippen LogP contribution in [0.15, 0.2) is 42.5 Å². The second kappa shape index (κ2) is 7.98. The van der Waals surface area contributed by atoms with Crippen LogP contribution < -0.4 is 4.74 Å². The first kappa shape index (κ1) is 19.2. The normalized spacial score (nSPS) is 11.2. The Morgan fingerprint density at radius 2 is 1.85 bits per heavy atom. The summed E-state index contributed by atoms with van der Waals surface area (Å²) in [6, 6.07) is 11.1. The number of rotatable bonds is 6. The number of halogens is 2. The number of ether oxygens (including phenoxy) is 1. The maximum absolute atomic E-state index is 13.9. The zero-order valence-corrected chi connectivity index (χ0v) is 16.1. The summed E-state index contributed by atoms with van der Waals surface area (Å²) in [5.74, 6) is 0.338. The number of methoxy groups -OCH3 is 1. The monoisotopic (exact) mass is 390 g/mol. The Balaban J connectivity index is 1.79. The molecule has 0 radical (unpaired) electrons. The van der Waals surface area contributed by atoms with Gasteiger partial charge in [0.1, 0.15) is 17.4 Å². The lowest BCUT2D eigenvalue weighted by atomic mass is 10.2. The van der Waals surface area contributed by atoms with E-state index < -0.39 is 11.6 Å². The molecule has 0 saturated carbocycles. The summed E-state index contributed by atoms with van der Waals surface area (Å²) in [5, 5.41) is 4.59. The summed E-state index contributed by atoms with van der Waals surface area (Å²) < 4.78 is 36.1. The summed E-state index contributed by atoms with van der Waals surface area (Å²) >= 11 is 5.48. The van der Waals surface area contributed by atoms with Crippen molar-refractivity contribution in [1.29, 1.82) is 0 Å². The van der Waals surface area contributed by atoms with Crippen LogP contribution in [0.3, 0.4) is 0 Å². The molecule has 0 N–H and O–H groups in total. The van der Waals surface area contributed by atoms with Crippen molar-refractivity contribution >= 4 is 12.2 Å². The molecule has 1 heterocycles. The molecule has 1 aromatic heterocycles. The third-order valence-corrected chi connectivity index (χ3v) is 4.70. The van der Waals surface area contributed by atoms with E-state index in [1.54, 1.807) is 11.8 Å². The molecule has 3 aromatic rings. The highest BCUT2D eigenvalue weighted by molar-refractivity contribution is 7.71. The van der Waals surface area contributed by atoms with E-state index in [4.69, 9.17) is 17.0 Å². The van der Waals surface area contributed by atoms with Gasteiger partial charge < -0.3 is 9.30 Å². The maximum atomic E-state index is 13.9. The van der Waals surface area contributed by atoms with Gasteiger partial charge in [-0.2, -0.15) is 5.10 Å². The molecule has 2 aromatic carbocycles. The fourth-order valence-electron chi connectivity index (χ4n) is 2.79. The minimum atomic E-state index is -0.588. The highest BCUT2D eigenvalue weighted by atomic mass is 32.1. The number of hydrogen-bond donors (Lipinski definition) is 0. The molecule has 0 spiro atoms. The van der Waals surface area contributed by atoms with Crippen LogP contribution in [-0.4, -0.2) is 33.4 Å². The van der Waals surface area contributed by atoms with E-state index in [2.05, 4.69) is 5.10 Å². The van der Waals surface area contributed by atoms with Crippen LogP contribution >= 0.6 is 12.2 Å². The molecule has 0 atom stereocenters. The summed E-state index contributed by atoms with van der Waals surface area (Å²) in [7, 11) is 5.29. The first-order valence-corrected chi connectivity index (χ1v) is 8.70. The van der Waals surface area contributed by atoms with Crippen molar-refractivity contribution in [3.05, 3.63) is 64.4 Å². The summed E-state index contributed by atoms with van der Waals surface area (Å²) in [6.07, 6.45) is 0. The average Bonchev–Trinajstić information content (AvgIpc) is 2.92. The minimum Gasteiger partial charge on any atom is -0.497 e. The van der Waals surface area contributed by atoms with E-state index in [9.17, 15) is 8.78 Å². The van der Waals surface area contributed by atoms with E-state index in [1.165, 1.54) is 12.1 Å². The van der Waals surface area contributed by atoms with E-state index in [0.717, 1.165) is 23.2 Å². The molecule has 27 heavy (non-hydrogen) atoms. The first-order chi connectivity index (χ1) is 12.9. The van der Waals surface area contributed by atoms with Gasteiger partial charge in [-0.3, -0.25) is 4.90 Å². The maximum Gasteiger partial charge on any atom is 0.199 e. The van der Waals surface area contributed by atoms with Crippen LogP contribution in [0, 0.1) is 16.4 Å². The van der Waals surface area contributed by atoms with Crippen molar-refractivity contribution < 1.29 is 13.5 Å². The molecule has 0 aliphatic carbocycles. The molecular formula is C19H20F2N4OS. The Labute approximate surface area is 161 Å². The van der Waals surface area contributed by atoms with Gasteiger partial charge in [0.2, 0.25) is 0 Å². The Morgan fingerprint density at radius 3 is 2.48 bits per heavy atom. The third kappa shape index (κ3) is 4.23. The van der Waals surface area contributed by atoms with Crippen LogP contribution in [0.5, 0.6) is 5.75 Å². The average molecular weight is 390 g/mol. The molecule has 0 saturated heterocycles. The van der Waals surface area contributed by atoms with Gasteiger partial charge in [-0.15, -0.1) is 0 Å². The Kier molecular flexibility index (Phi) is 5.67. The van der Waals surface area contributed by atoms with Gasteiger partial charge in [0.15, 0.2) is 10.6 Å². The fraction of sp³-hybridized carbons (Fsp3) is 0.263. The molecule has 142 valence electrons. The highest BCUT2D eigenvalue weighted by Crippen LogP contribution is 2.21. The number of nitrogens with zero attached hydrogens (tertiary/aromatic N) is 4. The lowest BCUT2D eigenvalue weighted by molar-refractivity contribution is 0.241. The minimum absolute atomic E-state index is 0.308. The predicted molar refractivity (Wildman–Crippen MR) is 102 cm³/mol. The number of benzene rings is 2. The van der Waals surface area contributed by atoms with Crippen molar-refractivity contribution in [3.63, 3.8) is 0 Å². The quantitative estimate of drug-likeness (QED) is 0.596. The fourth-order valence-corrected chi connectivity index (χ4v) is 2.98. The van der Waals surface area contributed by atoms with Crippen molar-refractivity contribution in [2.45, 2.75) is 13.2 Å². The zero-order valence-electron chi connectivity index (χ0n) is 15.3. The number of aromatic nitrogens is 3. The van der Waals surface area contributed by atoms with Gasteiger partial charge in [-0.1, -0.05) is 6.07 Å². The first-order valence-electron chi connectivity index (χ1n) is 8.29. The third-order valence-electron chi connectivity index (χ3n) is 4.22. The lowest BCUT2D eigenvalue weighted by Crippen LogP contribution is -2.23. The highest BCUT2D eigenvalue weighted by Gasteiger charge is 2.13. The van der Waals surface area contributed by atoms with Gasteiger partial charge >= 0.3 is 0 Å². The largest absolute Gasteiger partial charge is 0.497 e. The van der Waals surface area contributed by atoms with Crippen LogP contribution in [0.4, 0.5) is 8.78 Å². The lowest BCUT2D eigenvalue weighted by Gasteiger charge is -2.16. The molecule has 8 heteroatoms. The summed E-state index contributed by atoms with van der Waals surface area (Å²) in [5.41, 5.74) is 1.33. The van der Waals surface area contributed by atoms with Gasteiger partial charge in [0, 0.05) is 30.8 Å². The molecule has 0 aliphatic heterocycles. The van der Waals surface area contributed by atoms with E-state index in [1.807, 2.05) is 47.8 Å². The SMILES string of the molecule is COc1ccc(-c2nn(CN(C)Cc3ccc(F)cc3F)c(=S)n2C)cc1. The molecular weight excluding hydrogens is 370 g/mol. The zero-order chi connectivity index (χ0) is 19.6. The second-order valence-electron chi connectivity index (χ2n) is 6.28. The Hall–Kier alpha value is -2.58. The molecule has 0 unspecified atom stereocenters. The Morgan fingerprint density at radius 1 is 1.15 bits per heavy atom. The van der Waals surface area contributed by atoms with Crippen molar-refractivity contribution in [2.75, 3.05) is 14.2 Å². The molecule has 5 nitrogen and oxygen atoms in total. The van der Waals surface area contributed by atoms with Crippen LogP contribution in [-0.2, 0) is 20.3 Å². The van der Waals surface area contributed by atoms with Crippen molar-refractivity contribution in [1.82, 2.24) is 19.2 Å². The van der Waals surface area contributed by atoms with Crippen molar-refractivity contribution in [2.24, 2.45) is 7.05 Å². The molecule has 0 aliphatic rings. The number of hydrogen-bond acceptors (Lipinski definition) is 4. The van der Waals surface area contributed by atoms with E-state index in [-0.39, 0.29) is 0 Å². The van der Waals surface area contributed by atoms with E-state index >= 15 is 0 Å². The Bertz CT molecular complexity index is 998. The van der Waals surface area contributed by atoms with Gasteiger partial charge in [0.05, 0.1) is 13.8 Å². The van der Waals surface area contributed by atoms with Gasteiger partial charge in [-0.25, -0.2) is 13.5 Å². The van der Waals surface area contributed by atoms with E-state index in [0.29, 0.717) is 23.5 Å². The summed E-state index contributed by atoms with van der Waals surface area (Å²) in [4.78, 5) is 1.86. The molecule has 0 amide bonds. The van der Waals surface area contributed by atoms with Gasteiger partial charge in [-0.05, 0) is 49.6 Å². The topological polar surface area (TPSA) is 35.2 Å². The smallest absolute Gasteiger partial charge is 0.199 e. The van der Waals surface area contributed by atoms with Crippen LogP contribution in [0.2, 0.25) is 0 Å². The van der Waals surface area contributed by atoms with Gasteiger partial charge in [0.25, 0.3) is 0 Å². The standard InChI is InChI=1S/C19H20F2N4OS/c1-23(11-14-4-7-15(20)10-17(14)21)12-25-19(27)24(2)18(22-25)13-5-8-16(26-3)9-6-13/h4-10H,11-12H2,1-3H3. The van der Waals surface area contributed by atoms with Crippen LogP contribution in [0.1, 0.15) is 5.56 Å². The molecule has 3 rings (SSSR count).